The Morgan fingerprint density at radius 1 is 1.06 bits per heavy atom. The average molecular weight is 469 g/mol. The van der Waals surface area contributed by atoms with E-state index >= 15 is 0 Å². The Kier molecular flexibility index (Phi) is 7.75. The first-order valence-electron chi connectivity index (χ1n) is 11.7. The molecule has 7 nitrogen and oxygen atoms in total. The summed E-state index contributed by atoms with van der Waals surface area (Å²) in [5.41, 5.74) is 1.98. The zero-order valence-electron chi connectivity index (χ0n) is 21.3. The van der Waals surface area contributed by atoms with Crippen LogP contribution in [0, 0.1) is 5.41 Å². The number of carbonyl (C=O) groups excluding carboxylic acids is 2. The Morgan fingerprint density at radius 3 is 2.24 bits per heavy atom. The molecule has 2 amide bonds. The number of methoxy groups -OCH3 is 2. The van der Waals surface area contributed by atoms with E-state index in [0.717, 1.165) is 16.8 Å². The third-order valence-corrected chi connectivity index (χ3v) is 6.09. The van der Waals surface area contributed by atoms with Crippen molar-refractivity contribution < 1.29 is 23.8 Å². The first kappa shape index (κ1) is 25.4. The standard InChI is InChI=1S/C27H36N2O5/c1-8-34-26(31)28(17-19-12-10-9-11-13-19)21-14-18(2)29(25(30)27(3,4)5)22-16-24(33-7)23(32-6)15-20(21)22/h9-13,15-16,18,21H,8,14,17H2,1-7H3. The molecule has 0 N–H and O–H groups in total. The molecule has 2 aromatic carbocycles. The molecule has 0 saturated carbocycles. The predicted octanol–water partition coefficient (Wildman–Crippen LogP) is 5.57. The number of carbonyl (C=O) groups is 2. The maximum absolute atomic E-state index is 13.5. The van der Waals surface area contributed by atoms with Crippen molar-refractivity contribution in [1.82, 2.24) is 4.90 Å². The normalized spacial score (nSPS) is 17.6. The van der Waals surface area contributed by atoms with Gasteiger partial charge in [-0.15, -0.1) is 0 Å². The van der Waals surface area contributed by atoms with Crippen LogP contribution < -0.4 is 14.4 Å². The van der Waals surface area contributed by atoms with E-state index in [4.69, 9.17) is 14.2 Å². The summed E-state index contributed by atoms with van der Waals surface area (Å²) in [5.74, 6) is 1.09. The van der Waals surface area contributed by atoms with Crippen LogP contribution in [0.3, 0.4) is 0 Å². The van der Waals surface area contributed by atoms with Gasteiger partial charge in [-0.05, 0) is 31.9 Å². The number of ether oxygens (including phenoxy) is 3. The van der Waals surface area contributed by atoms with Gasteiger partial charge in [-0.2, -0.15) is 0 Å². The number of fused-ring (bicyclic) bond motifs is 1. The minimum atomic E-state index is -0.573. The monoisotopic (exact) mass is 468 g/mol. The average Bonchev–Trinajstić information content (AvgIpc) is 2.81. The molecule has 1 aliphatic rings. The van der Waals surface area contributed by atoms with Gasteiger partial charge in [0.05, 0.1) is 32.6 Å². The summed E-state index contributed by atoms with van der Waals surface area (Å²) < 4.78 is 16.6. The van der Waals surface area contributed by atoms with Crippen LogP contribution in [0.5, 0.6) is 11.5 Å². The highest BCUT2D eigenvalue weighted by molar-refractivity contribution is 5.99. The second-order valence-corrected chi connectivity index (χ2v) is 9.60. The van der Waals surface area contributed by atoms with Crippen LogP contribution in [0.15, 0.2) is 42.5 Å². The zero-order valence-corrected chi connectivity index (χ0v) is 21.3. The lowest BCUT2D eigenvalue weighted by atomic mass is 9.86. The molecule has 0 aromatic heterocycles. The molecule has 0 spiro atoms. The van der Waals surface area contributed by atoms with Gasteiger partial charge in [0.1, 0.15) is 0 Å². The molecule has 2 aromatic rings. The Labute approximate surface area is 202 Å². The SMILES string of the molecule is CCOC(=O)N(Cc1ccccc1)C1CC(C)N(C(=O)C(C)(C)C)c2cc(OC)c(OC)cc21. The highest BCUT2D eigenvalue weighted by Gasteiger charge is 2.42. The van der Waals surface area contributed by atoms with E-state index in [-0.39, 0.29) is 30.7 Å². The summed E-state index contributed by atoms with van der Waals surface area (Å²) >= 11 is 0. The lowest BCUT2D eigenvalue weighted by Crippen LogP contribution is -2.50. The molecule has 2 atom stereocenters. The van der Waals surface area contributed by atoms with Gasteiger partial charge in [0.2, 0.25) is 5.91 Å². The molecule has 184 valence electrons. The van der Waals surface area contributed by atoms with Crippen LogP contribution in [-0.4, -0.2) is 43.8 Å². The molecule has 0 bridgehead atoms. The molecule has 3 rings (SSSR count). The smallest absolute Gasteiger partial charge is 0.410 e. The highest BCUT2D eigenvalue weighted by Crippen LogP contribution is 2.47. The molecular weight excluding hydrogens is 432 g/mol. The predicted molar refractivity (Wildman–Crippen MR) is 132 cm³/mol. The number of rotatable bonds is 6. The molecule has 7 heteroatoms. The topological polar surface area (TPSA) is 68.3 Å². The van der Waals surface area contributed by atoms with Crippen molar-refractivity contribution >= 4 is 17.7 Å². The second-order valence-electron chi connectivity index (χ2n) is 9.60. The lowest BCUT2D eigenvalue weighted by Gasteiger charge is -2.45. The van der Waals surface area contributed by atoms with Crippen molar-refractivity contribution in [2.24, 2.45) is 5.41 Å². The van der Waals surface area contributed by atoms with Gasteiger partial charge in [-0.3, -0.25) is 9.69 Å². The Bertz CT molecular complexity index is 1020. The van der Waals surface area contributed by atoms with Gasteiger partial charge in [-0.1, -0.05) is 51.1 Å². The molecule has 1 heterocycles. The van der Waals surface area contributed by atoms with Crippen LogP contribution >= 0.6 is 0 Å². The second kappa shape index (κ2) is 10.4. The van der Waals surface area contributed by atoms with Crippen molar-refractivity contribution in [3.63, 3.8) is 0 Å². The van der Waals surface area contributed by atoms with Crippen LogP contribution in [-0.2, 0) is 16.1 Å². The molecule has 0 fully saturated rings. The van der Waals surface area contributed by atoms with E-state index in [9.17, 15) is 9.59 Å². The van der Waals surface area contributed by atoms with Gasteiger partial charge in [0.25, 0.3) is 0 Å². The van der Waals surface area contributed by atoms with Crippen LogP contribution in [0.1, 0.15) is 58.2 Å². The Hall–Kier alpha value is -3.22. The van der Waals surface area contributed by atoms with E-state index < -0.39 is 5.41 Å². The molecule has 0 aliphatic carbocycles. The maximum atomic E-state index is 13.5. The third kappa shape index (κ3) is 5.13. The fourth-order valence-corrected chi connectivity index (χ4v) is 4.41. The number of hydrogen-bond acceptors (Lipinski definition) is 5. The molecule has 1 aliphatic heterocycles. The summed E-state index contributed by atoms with van der Waals surface area (Å²) in [5, 5.41) is 0. The number of anilines is 1. The summed E-state index contributed by atoms with van der Waals surface area (Å²) in [6, 6.07) is 13.1. The van der Waals surface area contributed by atoms with Crippen molar-refractivity contribution in [2.75, 3.05) is 25.7 Å². The highest BCUT2D eigenvalue weighted by atomic mass is 16.6. The fourth-order valence-electron chi connectivity index (χ4n) is 4.41. The van der Waals surface area contributed by atoms with Gasteiger partial charge in [0.15, 0.2) is 11.5 Å². The first-order chi connectivity index (χ1) is 16.1. The van der Waals surface area contributed by atoms with Crippen molar-refractivity contribution in [1.29, 1.82) is 0 Å². The lowest BCUT2D eigenvalue weighted by molar-refractivity contribution is -0.126. The number of amides is 2. The van der Waals surface area contributed by atoms with Crippen molar-refractivity contribution in [3.8, 4) is 11.5 Å². The van der Waals surface area contributed by atoms with Gasteiger partial charge < -0.3 is 19.1 Å². The van der Waals surface area contributed by atoms with E-state index in [1.807, 2.05) is 75.1 Å². The quantitative estimate of drug-likeness (QED) is 0.554. The number of nitrogens with zero attached hydrogens (tertiary/aromatic N) is 2. The minimum Gasteiger partial charge on any atom is -0.493 e. The van der Waals surface area contributed by atoms with Crippen LogP contribution in [0.4, 0.5) is 10.5 Å². The van der Waals surface area contributed by atoms with Crippen LogP contribution in [0.25, 0.3) is 0 Å². The summed E-state index contributed by atoms with van der Waals surface area (Å²) in [7, 11) is 3.15. The van der Waals surface area contributed by atoms with Gasteiger partial charge >= 0.3 is 6.09 Å². The van der Waals surface area contributed by atoms with E-state index in [0.29, 0.717) is 24.5 Å². The first-order valence-corrected chi connectivity index (χ1v) is 11.7. The molecule has 0 saturated heterocycles. The minimum absolute atomic E-state index is 0.0117. The largest absolute Gasteiger partial charge is 0.493 e. The Balaban J connectivity index is 2.18. The number of hydrogen-bond donors (Lipinski definition) is 0. The van der Waals surface area contributed by atoms with Crippen LogP contribution in [0.2, 0.25) is 0 Å². The van der Waals surface area contributed by atoms with Crippen molar-refractivity contribution in [2.45, 2.75) is 59.7 Å². The molecule has 34 heavy (non-hydrogen) atoms. The summed E-state index contributed by atoms with van der Waals surface area (Å²) in [4.78, 5) is 30.3. The maximum Gasteiger partial charge on any atom is 0.410 e. The molecule has 2 unspecified atom stereocenters. The zero-order chi connectivity index (χ0) is 25.0. The van der Waals surface area contributed by atoms with Crippen molar-refractivity contribution in [3.05, 3.63) is 53.6 Å². The molecule has 0 radical (unpaired) electrons. The fraction of sp³-hybridized carbons (Fsp3) is 0.481. The van der Waals surface area contributed by atoms with E-state index in [2.05, 4.69) is 0 Å². The molecular formula is C27H36N2O5. The summed E-state index contributed by atoms with van der Waals surface area (Å²) in [6.07, 6.45) is 0.176. The van der Waals surface area contributed by atoms with E-state index in [1.54, 1.807) is 26.0 Å². The third-order valence-electron chi connectivity index (χ3n) is 6.09. The van der Waals surface area contributed by atoms with Gasteiger partial charge in [-0.25, -0.2) is 4.79 Å². The van der Waals surface area contributed by atoms with Gasteiger partial charge in [0, 0.05) is 29.6 Å². The van der Waals surface area contributed by atoms with E-state index in [1.165, 1.54) is 0 Å². The number of benzene rings is 2. The summed E-state index contributed by atoms with van der Waals surface area (Å²) in [6.45, 7) is 10.2. The Morgan fingerprint density at radius 2 is 1.68 bits per heavy atom.